The number of primary amides is 1. The van der Waals surface area contributed by atoms with Gasteiger partial charge in [0.2, 0.25) is 5.91 Å². The van der Waals surface area contributed by atoms with Crippen LogP contribution in [0.3, 0.4) is 0 Å². The van der Waals surface area contributed by atoms with E-state index in [9.17, 15) is 18.4 Å². The van der Waals surface area contributed by atoms with Gasteiger partial charge >= 0.3 is 0 Å². The lowest BCUT2D eigenvalue weighted by Crippen LogP contribution is -2.37. The monoisotopic (exact) mass is 493 g/mol. The quantitative estimate of drug-likeness (QED) is 0.577. The van der Waals surface area contributed by atoms with Gasteiger partial charge in [0, 0.05) is 24.9 Å². The zero-order valence-corrected chi connectivity index (χ0v) is 19.5. The van der Waals surface area contributed by atoms with Crippen LogP contribution >= 0.6 is 0 Å². The molecule has 2 amide bonds. The van der Waals surface area contributed by atoms with E-state index in [1.165, 1.54) is 29.3 Å². The summed E-state index contributed by atoms with van der Waals surface area (Å²) in [7, 11) is 0. The van der Waals surface area contributed by atoms with Crippen LogP contribution in [0.5, 0.6) is 0 Å². The highest BCUT2D eigenvalue weighted by atomic mass is 19.1. The number of nitrogens with two attached hydrogens (primary N) is 1. The highest BCUT2D eigenvalue weighted by molar-refractivity contribution is 5.96. The molecule has 1 aliphatic carbocycles. The van der Waals surface area contributed by atoms with Crippen LogP contribution in [0.4, 0.5) is 8.78 Å². The molecule has 2 aliphatic rings. The minimum Gasteiger partial charge on any atom is -0.366 e. The summed E-state index contributed by atoms with van der Waals surface area (Å²) in [6.45, 7) is 0.974. The molecule has 1 saturated carbocycles. The lowest BCUT2D eigenvalue weighted by Gasteiger charge is -2.32. The maximum Gasteiger partial charge on any atom is 0.251 e. The molecule has 0 unspecified atom stereocenters. The SMILES string of the molecule is N#Cc1cc(F)cc([C@@H]2CCON2C(=O)C2CCC(Cn3cnc4cc(C(N)=O)c(F)cc43)CC2)c1. The van der Waals surface area contributed by atoms with Gasteiger partial charge < -0.3 is 10.3 Å². The first kappa shape index (κ1) is 23.9. The average molecular weight is 494 g/mol. The lowest BCUT2D eigenvalue weighted by molar-refractivity contribution is -0.183. The number of nitriles is 1. The Morgan fingerprint density at radius 3 is 2.61 bits per heavy atom. The number of amides is 2. The number of nitrogens with zero attached hydrogens (tertiary/aromatic N) is 4. The Balaban J connectivity index is 1.23. The summed E-state index contributed by atoms with van der Waals surface area (Å²) in [5.41, 5.74) is 6.91. The fourth-order valence-corrected chi connectivity index (χ4v) is 5.32. The van der Waals surface area contributed by atoms with Crippen LogP contribution in [-0.4, -0.2) is 33.0 Å². The fraction of sp³-hybridized carbons (Fsp3) is 0.385. The number of hydrogen-bond donors (Lipinski definition) is 1. The molecule has 2 N–H and O–H groups in total. The van der Waals surface area contributed by atoms with Gasteiger partial charge in [0.05, 0.1) is 47.2 Å². The Hall–Kier alpha value is -3.84. The Kier molecular flexibility index (Phi) is 6.41. The van der Waals surface area contributed by atoms with Gasteiger partial charge in [0.15, 0.2) is 0 Å². The van der Waals surface area contributed by atoms with Crippen LogP contribution in [0, 0.1) is 34.8 Å². The van der Waals surface area contributed by atoms with Gasteiger partial charge in [-0.15, -0.1) is 0 Å². The van der Waals surface area contributed by atoms with Gasteiger partial charge in [-0.1, -0.05) is 0 Å². The molecule has 2 aromatic carbocycles. The molecule has 5 rings (SSSR count). The van der Waals surface area contributed by atoms with E-state index in [2.05, 4.69) is 4.98 Å². The number of carbonyl (C=O) groups is 2. The number of rotatable bonds is 5. The smallest absolute Gasteiger partial charge is 0.251 e. The van der Waals surface area contributed by atoms with Crippen LogP contribution < -0.4 is 5.73 Å². The van der Waals surface area contributed by atoms with Crippen molar-refractivity contribution in [3.05, 3.63) is 65.0 Å². The second-order valence-corrected chi connectivity index (χ2v) is 9.49. The van der Waals surface area contributed by atoms with E-state index >= 15 is 0 Å². The molecule has 0 spiro atoms. The molecule has 10 heteroatoms. The summed E-state index contributed by atoms with van der Waals surface area (Å²) in [5, 5.41) is 10.5. The molecule has 3 aromatic rings. The van der Waals surface area contributed by atoms with Crippen molar-refractivity contribution in [2.45, 2.75) is 44.7 Å². The minimum atomic E-state index is -0.834. The van der Waals surface area contributed by atoms with E-state index < -0.39 is 23.6 Å². The second-order valence-electron chi connectivity index (χ2n) is 9.49. The van der Waals surface area contributed by atoms with E-state index in [0.717, 1.165) is 12.8 Å². The van der Waals surface area contributed by atoms with Crippen LogP contribution in [0.2, 0.25) is 0 Å². The predicted octanol–water partition coefficient (Wildman–Crippen LogP) is 4.00. The first-order valence-corrected chi connectivity index (χ1v) is 11.9. The highest BCUT2D eigenvalue weighted by Gasteiger charge is 2.37. The Morgan fingerprint density at radius 1 is 1.11 bits per heavy atom. The molecule has 1 saturated heterocycles. The molecule has 0 bridgehead atoms. The molecular weight excluding hydrogens is 468 g/mol. The lowest BCUT2D eigenvalue weighted by atomic mass is 9.81. The van der Waals surface area contributed by atoms with Crippen LogP contribution in [0.15, 0.2) is 36.7 Å². The predicted molar refractivity (Wildman–Crippen MR) is 125 cm³/mol. The van der Waals surface area contributed by atoms with Gasteiger partial charge in [0.1, 0.15) is 11.6 Å². The van der Waals surface area contributed by atoms with E-state index in [-0.39, 0.29) is 28.9 Å². The van der Waals surface area contributed by atoms with Gasteiger partial charge in [-0.25, -0.2) is 18.8 Å². The number of halogens is 2. The Morgan fingerprint density at radius 2 is 1.89 bits per heavy atom. The molecule has 0 radical (unpaired) electrons. The standard InChI is InChI=1S/C26H25F2N5O3/c27-19-8-16(12-29)7-18(9-19)23-5-6-36-33(23)26(35)17-3-1-15(2-4-17)13-32-14-31-22-10-20(25(30)34)21(28)11-24(22)32/h7-11,14-15,17,23H,1-6,13H2,(H2,30,34)/t15?,17?,23-/m0/s1. The summed E-state index contributed by atoms with van der Waals surface area (Å²) in [5.74, 6) is -2.07. The van der Waals surface area contributed by atoms with Crippen LogP contribution in [-0.2, 0) is 16.2 Å². The molecule has 8 nitrogen and oxygen atoms in total. The van der Waals surface area contributed by atoms with Crippen molar-refractivity contribution in [3.63, 3.8) is 0 Å². The number of imidazole rings is 1. The molecule has 1 atom stereocenters. The minimum absolute atomic E-state index is 0.118. The molecule has 1 aliphatic heterocycles. The summed E-state index contributed by atoms with van der Waals surface area (Å²) >= 11 is 0. The van der Waals surface area contributed by atoms with Gasteiger partial charge in [0.25, 0.3) is 5.91 Å². The van der Waals surface area contributed by atoms with Gasteiger partial charge in [-0.05, 0) is 61.4 Å². The van der Waals surface area contributed by atoms with Crippen molar-refractivity contribution in [1.29, 1.82) is 5.26 Å². The molecule has 36 heavy (non-hydrogen) atoms. The third-order valence-electron chi connectivity index (χ3n) is 7.18. The number of benzene rings is 2. The number of carbonyl (C=O) groups excluding carboxylic acids is 2. The number of aromatic nitrogens is 2. The zero-order valence-electron chi connectivity index (χ0n) is 19.5. The van der Waals surface area contributed by atoms with E-state index in [1.807, 2.05) is 10.6 Å². The molecule has 1 aromatic heterocycles. The van der Waals surface area contributed by atoms with E-state index in [0.29, 0.717) is 49.0 Å². The largest absolute Gasteiger partial charge is 0.366 e. The van der Waals surface area contributed by atoms with Gasteiger partial charge in [-0.2, -0.15) is 5.26 Å². The summed E-state index contributed by atoms with van der Waals surface area (Å²) in [6, 6.07) is 8.30. The van der Waals surface area contributed by atoms with E-state index in [4.69, 9.17) is 15.8 Å². The van der Waals surface area contributed by atoms with Crippen LogP contribution in [0.1, 0.15) is 59.6 Å². The average Bonchev–Trinajstić information content (AvgIpc) is 3.50. The topological polar surface area (TPSA) is 114 Å². The third-order valence-corrected chi connectivity index (χ3v) is 7.18. The van der Waals surface area contributed by atoms with Crippen molar-refractivity contribution in [1.82, 2.24) is 14.6 Å². The molecule has 186 valence electrons. The van der Waals surface area contributed by atoms with Crippen molar-refractivity contribution in [2.24, 2.45) is 17.6 Å². The zero-order chi connectivity index (χ0) is 25.4. The fourth-order valence-electron chi connectivity index (χ4n) is 5.32. The maximum atomic E-state index is 14.3. The second kappa shape index (κ2) is 9.66. The molecule has 2 heterocycles. The van der Waals surface area contributed by atoms with E-state index in [1.54, 1.807) is 12.4 Å². The van der Waals surface area contributed by atoms with Crippen molar-refractivity contribution in [2.75, 3.05) is 6.61 Å². The normalized spacial score (nSPS) is 22.0. The highest BCUT2D eigenvalue weighted by Crippen LogP contribution is 2.37. The number of hydrogen-bond acceptors (Lipinski definition) is 5. The van der Waals surface area contributed by atoms with Crippen molar-refractivity contribution >= 4 is 22.8 Å². The Labute approximate surface area is 206 Å². The summed E-state index contributed by atoms with van der Waals surface area (Å²) in [6.07, 6.45) is 5.12. The Bertz CT molecular complexity index is 1370. The number of fused-ring (bicyclic) bond motifs is 1. The first-order valence-electron chi connectivity index (χ1n) is 11.9. The molecular formula is C26H25F2N5O3. The molecule has 2 fully saturated rings. The van der Waals surface area contributed by atoms with Gasteiger partial charge in [-0.3, -0.25) is 14.4 Å². The van der Waals surface area contributed by atoms with Crippen molar-refractivity contribution in [3.8, 4) is 6.07 Å². The third kappa shape index (κ3) is 4.54. The first-order chi connectivity index (χ1) is 17.3. The summed E-state index contributed by atoms with van der Waals surface area (Å²) in [4.78, 5) is 34.6. The van der Waals surface area contributed by atoms with Crippen molar-refractivity contribution < 1.29 is 23.2 Å². The number of hydroxylamine groups is 2. The maximum absolute atomic E-state index is 14.3. The van der Waals surface area contributed by atoms with Crippen LogP contribution in [0.25, 0.3) is 11.0 Å². The summed E-state index contributed by atoms with van der Waals surface area (Å²) < 4.78 is 30.1.